The van der Waals surface area contributed by atoms with E-state index >= 15 is 0 Å². The van der Waals surface area contributed by atoms with E-state index in [1.807, 2.05) is 30.3 Å². The third kappa shape index (κ3) is 5.15. The zero-order chi connectivity index (χ0) is 19.3. The molecule has 3 rings (SSSR count). The smallest absolute Gasteiger partial charge is 0.253 e. The third-order valence-corrected chi connectivity index (χ3v) is 6.37. The van der Waals surface area contributed by atoms with Crippen molar-refractivity contribution in [1.29, 1.82) is 0 Å². The minimum atomic E-state index is -3.37. The predicted molar refractivity (Wildman–Crippen MR) is 104 cm³/mol. The second-order valence-electron chi connectivity index (χ2n) is 6.61. The van der Waals surface area contributed by atoms with Crippen molar-refractivity contribution in [3.8, 4) is 0 Å². The Kier molecular flexibility index (Phi) is 6.26. The fourth-order valence-electron chi connectivity index (χ4n) is 3.02. The number of sulfonamides is 1. The fourth-order valence-corrected chi connectivity index (χ4v) is 4.52. The van der Waals surface area contributed by atoms with E-state index in [9.17, 15) is 13.2 Å². The number of ether oxygens (including phenoxy) is 1. The van der Waals surface area contributed by atoms with Gasteiger partial charge < -0.3 is 9.64 Å². The molecule has 0 aromatic heterocycles. The Bertz CT molecular complexity index is 861. The van der Waals surface area contributed by atoms with Crippen LogP contribution in [0.5, 0.6) is 0 Å². The Balaban J connectivity index is 1.63. The van der Waals surface area contributed by atoms with Crippen LogP contribution >= 0.6 is 0 Å². The van der Waals surface area contributed by atoms with Gasteiger partial charge in [0.15, 0.2) is 0 Å². The number of carbonyl (C=O) groups is 1. The average molecular weight is 388 g/mol. The average Bonchev–Trinajstić information content (AvgIpc) is 2.69. The number of nitrogens with zero attached hydrogens (tertiary/aromatic N) is 2. The van der Waals surface area contributed by atoms with E-state index in [0.717, 1.165) is 5.56 Å². The van der Waals surface area contributed by atoms with Gasteiger partial charge in [-0.05, 0) is 23.3 Å². The van der Waals surface area contributed by atoms with Gasteiger partial charge >= 0.3 is 0 Å². The quantitative estimate of drug-likeness (QED) is 0.760. The molecule has 27 heavy (non-hydrogen) atoms. The Labute approximate surface area is 160 Å². The molecule has 0 saturated carbocycles. The summed E-state index contributed by atoms with van der Waals surface area (Å²) < 4.78 is 31.6. The van der Waals surface area contributed by atoms with Gasteiger partial charge in [-0.3, -0.25) is 4.79 Å². The van der Waals surface area contributed by atoms with Gasteiger partial charge in [-0.15, -0.1) is 0 Å². The molecule has 7 heteroatoms. The second kappa shape index (κ2) is 8.65. The molecule has 0 aliphatic carbocycles. The number of carbonyl (C=O) groups excluding carboxylic acids is 1. The van der Waals surface area contributed by atoms with E-state index < -0.39 is 10.0 Å². The van der Waals surface area contributed by atoms with Crippen molar-refractivity contribution in [2.75, 3.05) is 33.4 Å². The SMILES string of the molecule is CN(Cc1ccccc1)C(=O)c1ccc(CS(=O)(=O)N2CCOCC2)cc1. The molecular formula is C20H24N2O4S. The summed E-state index contributed by atoms with van der Waals surface area (Å²) in [6.45, 7) is 2.17. The summed E-state index contributed by atoms with van der Waals surface area (Å²) >= 11 is 0. The van der Waals surface area contributed by atoms with Gasteiger partial charge in [0.1, 0.15) is 0 Å². The number of benzene rings is 2. The van der Waals surface area contributed by atoms with E-state index in [2.05, 4.69) is 0 Å². The Hall–Kier alpha value is -2.22. The van der Waals surface area contributed by atoms with Crippen molar-refractivity contribution < 1.29 is 17.9 Å². The first-order chi connectivity index (χ1) is 13.0. The molecule has 1 aliphatic rings. The highest BCUT2D eigenvalue weighted by molar-refractivity contribution is 7.88. The third-order valence-electron chi connectivity index (χ3n) is 4.52. The molecule has 1 amide bonds. The van der Waals surface area contributed by atoms with Crippen molar-refractivity contribution in [2.45, 2.75) is 12.3 Å². The molecule has 144 valence electrons. The van der Waals surface area contributed by atoms with Gasteiger partial charge in [-0.2, -0.15) is 4.31 Å². The molecule has 1 heterocycles. The van der Waals surface area contributed by atoms with Gasteiger partial charge in [0.05, 0.1) is 19.0 Å². The minimum absolute atomic E-state index is 0.0681. The van der Waals surface area contributed by atoms with E-state index in [1.165, 1.54) is 4.31 Å². The Morgan fingerprint density at radius 3 is 2.26 bits per heavy atom. The van der Waals surface area contributed by atoms with Crippen molar-refractivity contribution in [3.05, 3.63) is 71.3 Å². The van der Waals surface area contributed by atoms with Gasteiger partial charge in [0.25, 0.3) is 5.91 Å². The monoisotopic (exact) mass is 388 g/mol. The molecule has 1 aliphatic heterocycles. The van der Waals surface area contributed by atoms with Crippen LogP contribution < -0.4 is 0 Å². The van der Waals surface area contributed by atoms with Gasteiger partial charge in [-0.1, -0.05) is 42.5 Å². The van der Waals surface area contributed by atoms with Crippen LogP contribution in [-0.4, -0.2) is 56.9 Å². The van der Waals surface area contributed by atoms with Gasteiger partial charge in [-0.25, -0.2) is 8.42 Å². The lowest BCUT2D eigenvalue weighted by atomic mass is 10.1. The Morgan fingerprint density at radius 2 is 1.63 bits per heavy atom. The lowest BCUT2D eigenvalue weighted by Gasteiger charge is -2.26. The van der Waals surface area contributed by atoms with E-state index in [1.54, 1.807) is 36.2 Å². The molecule has 0 atom stereocenters. The normalized spacial score (nSPS) is 15.4. The molecular weight excluding hydrogens is 364 g/mol. The number of rotatable bonds is 6. The van der Waals surface area contributed by atoms with E-state index in [-0.39, 0.29) is 11.7 Å². The minimum Gasteiger partial charge on any atom is -0.379 e. The van der Waals surface area contributed by atoms with E-state index in [0.29, 0.717) is 44.0 Å². The van der Waals surface area contributed by atoms with Crippen molar-refractivity contribution >= 4 is 15.9 Å². The van der Waals surface area contributed by atoms with Crippen molar-refractivity contribution in [1.82, 2.24) is 9.21 Å². The van der Waals surface area contributed by atoms with Crippen molar-refractivity contribution in [2.24, 2.45) is 0 Å². The summed E-state index contributed by atoms with van der Waals surface area (Å²) in [7, 11) is -1.61. The largest absolute Gasteiger partial charge is 0.379 e. The maximum Gasteiger partial charge on any atom is 0.253 e. The summed E-state index contributed by atoms with van der Waals surface area (Å²) in [6, 6.07) is 16.6. The molecule has 1 fully saturated rings. The summed E-state index contributed by atoms with van der Waals surface area (Å²) in [6.07, 6.45) is 0. The molecule has 0 bridgehead atoms. The first kappa shape index (κ1) is 19.5. The maximum atomic E-state index is 12.6. The molecule has 0 radical (unpaired) electrons. The van der Waals surface area contributed by atoms with Crippen LogP contribution in [0.15, 0.2) is 54.6 Å². The van der Waals surface area contributed by atoms with Crippen LogP contribution in [0, 0.1) is 0 Å². The zero-order valence-electron chi connectivity index (χ0n) is 15.4. The van der Waals surface area contributed by atoms with Gasteiger partial charge in [0.2, 0.25) is 10.0 Å². The fraction of sp³-hybridized carbons (Fsp3) is 0.350. The highest BCUT2D eigenvalue weighted by Crippen LogP contribution is 2.15. The van der Waals surface area contributed by atoms with E-state index in [4.69, 9.17) is 4.74 Å². The zero-order valence-corrected chi connectivity index (χ0v) is 16.2. The first-order valence-corrected chi connectivity index (χ1v) is 10.5. The summed E-state index contributed by atoms with van der Waals surface area (Å²) in [4.78, 5) is 14.2. The second-order valence-corrected chi connectivity index (χ2v) is 8.58. The van der Waals surface area contributed by atoms with Crippen molar-refractivity contribution in [3.63, 3.8) is 0 Å². The predicted octanol–water partition coefficient (Wildman–Crippen LogP) is 2.12. The summed E-state index contributed by atoms with van der Waals surface area (Å²) in [5.74, 6) is -0.164. The number of hydrogen-bond donors (Lipinski definition) is 0. The standard InChI is InChI=1S/C20H24N2O4S/c1-21(15-17-5-3-2-4-6-17)20(23)19-9-7-18(8-10-19)16-27(24,25)22-11-13-26-14-12-22/h2-10H,11-16H2,1H3. The Morgan fingerprint density at radius 1 is 1.00 bits per heavy atom. The summed E-state index contributed by atoms with van der Waals surface area (Å²) in [5, 5.41) is 0. The van der Waals surface area contributed by atoms with Crippen LogP contribution in [0.1, 0.15) is 21.5 Å². The molecule has 0 spiro atoms. The van der Waals surface area contributed by atoms with Crippen LogP contribution in [-0.2, 0) is 27.1 Å². The maximum absolute atomic E-state index is 12.6. The molecule has 0 N–H and O–H groups in total. The molecule has 1 saturated heterocycles. The number of hydrogen-bond acceptors (Lipinski definition) is 4. The van der Waals surface area contributed by atoms with Gasteiger partial charge in [0, 0.05) is 32.2 Å². The topological polar surface area (TPSA) is 66.9 Å². The van der Waals surface area contributed by atoms with Crippen LogP contribution in [0.25, 0.3) is 0 Å². The highest BCUT2D eigenvalue weighted by Gasteiger charge is 2.24. The first-order valence-electron chi connectivity index (χ1n) is 8.89. The number of amides is 1. The lowest BCUT2D eigenvalue weighted by Crippen LogP contribution is -2.41. The molecule has 0 unspecified atom stereocenters. The van der Waals surface area contributed by atoms with Crippen LogP contribution in [0.4, 0.5) is 0 Å². The molecule has 2 aromatic carbocycles. The highest BCUT2D eigenvalue weighted by atomic mass is 32.2. The summed E-state index contributed by atoms with van der Waals surface area (Å²) in [5.41, 5.74) is 2.27. The number of morpholine rings is 1. The molecule has 2 aromatic rings. The van der Waals surface area contributed by atoms with Crippen LogP contribution in [0.2, 0.25) is 0 Å². The lowest BCUT2D eigenvalue weighted by molar-refractivity contribution is 0.0729. The van der Waals surface area contributed by atoms with Crippen LogP contribution in [0.3, 0.4) is 0 Å². The molecule has 6 nitrogen and oxygen atoms in total.